The van der Waals surface area contributed by atoms with Crippen LogP contribution < -0.4 is 10.6 Å². The number of allylic oxidation sites excluding steroid dienone is 2. The minimum Gasteiger partial charge on any atom is -0.390 e. The zero-order chi connectivity index (χ0) is 23.9. The molecule has 12 heteroatoms. The minimum atomic E-state index is -4.81. The van der Waals surface area contributed by atoms with Gasteiger partial charge in [0.15, 0.2) is 0 Å². The van der Waals surface area contributed by atoms with Crippen molar-refractivity contribution in [3.63, 3.8) is 0 Å². The first-order valence-corrected chi connectivity index (χ1v) is 9.59. The minimum absolute atomic E-state index is 0.0392. The Hall–Kier alpha value is -2.89. The molecule has 0 aromatic heterocycles. The molecule has 0 bridgehead atoms. The summed E-state index contributed by atoms with van der Waals surface area (Å²) in [5, 5.41) is 31.2. The maximum absolute atomic E-state index is 13.1. The molecule has 174 valence electrons. The van der Waals surface area contributed by atoms with E-state index in [0.717, 1.165) is 6.07 Å². The Morgan fingerprint density at radius 2 is 1.91 bits per heavy atom. The van der Waals surface area contributed by atoms with Crippen LogP contribution in [0.1, 0.15) is 43.4 Å². The first-order chi connectivity index (χ1) is 14.6. The first-order valence-electron chi connectivity index (χ1n) is 9.59. The maximum atomic E-state index is 13.1. The van der Waals surface area contributed by atoms with Crippen LogP contribution in [-0.2, 0) is 12.6 Å². The number of aliphatic hydroxyl groups is 1. The molecule has 0 radical (unpaired) electrons. The van der Waals surface area contributed by atoms with Crippen molar-refractivity contribution in [3.05, 3.63) is 46.7 Å². The van der Waals surface area contributed by atoms with Crippen LogP contribution in [-0.4, -0.2) is 40.3 Å². The molecule has 32 heavy (non-hydrogen) atoms. The van der Waals surface area contributed by atoms with Gasteiger partial charge in [0.2, 0.25) is 5.96 Å². The Morgan fingerprint density at radius 3 is 2.44 bits per heavy atom. The van der Waals surface area contributed by atoms with Crippen molar-refractivity contribution in [2.24, 2.45) is 10.2 Å². The molecule has 3 rings (SSSR count). The van der Waals surface area contributed by atoms with Crippen LogP contribution in [0.15, 0.2) is 40.2 Å². The van der Waals surface area contributed by atoms with Gasteiger partial charge in [0.25, 0.3) is 0 Å². The average Bonchev–Trinajstić information content (AvgIpc) is 2.58. The summed E-state index contributed by atoms with van der Waals surface area (Å²) in [6.07, 6.45) is -8.96. The molecule has 1 fully saturated rings. The molecule has 0 unspecified atom stereocenters. The van der Waals surface area contributed by atoms with Crippen molar-refractivity contribution < 1.29 is 31.4 Å². The monoisotopic (exact) mass is 461 g/mol. The average molecular weight is 461 g/mol. The highest BCUT2D eigenvalue weighted by Crippen LogP contribution is 2.34. The predicted octanol–water partition coefficient (Wildman–Crippen LogP) is 3.90. The molecule has 0 spiro atoms. The van der Waals surface area contributed by atoms with Crippen LogP contribution in [0.3, 0.4) is 0 Å². The Labute approximate surface area is 179 Å². The molecular formula is C20H21F6N5O. The second kappa shape index (κ2) is 8.23. The fourth-order valence-electron chi connectivity index (χ4n) is 3.61. The van der Waals surface area contributed by atoms with E-state index in [1.165, 1.54) is 13.0 Å². The molecule has 1 aromatic carbocycles. The summed E-state index contributed by atoms with van der Waals surface area (Å²) in [6.45, 7) is 3.10. The van der Waals surface area contributed by atoms with Crippen LogP contribution in [0.25, 0.3) is 0 Å². The van der Waals surface area contributed by atoms with Crippen molar-refractivity contribution in [2.45, 2.75) is 57.1 Å². The van der Waals surface area contributed by atoms with E-state index in [9.17, 15) is 31.4 Å². The number of alkyl halides is 6. The van der Waals surface area contributed by atoms with E-state index in [0.29, 0.717) is 25.0 Å². The number of hydrogen-bond donors (Lipinski definition) is 4. The highest BCUT2D eigenvalue weighted by atomic mass is 19.4. The molecule has 1 aliphatic heterocycles. The van der Waals surface area contributed by atoms with Gasteiger partial charge in [0.05, 0.1) is 23.3 Å². The van der Waals surface area contributed by atoms with Gasteiger partial charge in [-0.2, -0.15) is 26.3 Å². The number of nitrogens with one attached hydrogen (secondary N) is 3. The third-order valence-electron chi connectivity index (χ3n) is 4.91. The fraction of sp³-hybridized carbons (Fsp3) is 0.450. The number of rotatable bonds is 4. The van der Waals surface area contributed by atoms with Crippen LogP contribution in [0.5, 0.6) is 0 Å². The molecule has 4 N–H and O–H groups in total. The van der Waals surface area contributed by atoms with Crippen LogP contribution in [0, 0.1) is 5.41 Å². The summed E-state index contributed by atoms with van der Waals surface area (Å²) >= 11 is 0. The molecule has 0 amide bonds. The maximum Gasteiger partial charge on any atom is 0.416 e. The molecule has 1 saturated carbocycles. The summed E-state index contributed by atoms with van der Waals surface area (Å²) in [5.74, 6) is 0.158. The van der Waals surface area contributed by atoms with E-state index in [1.54, 1.807) is 6.92 Å². The quantitative estimate of drug-likeness (QED) is 0.405. The van der Waals surface area contributed by atoms with E-state index in [4.69, 9.17) is 5.41 Å². The van der Waals surface area contributed by atoms with Gasteiger partial charge in [-0.05, 0) is 50.5 Å². The van der Waals surface area contributed by atoms with Crippen molar-refractivity contribution in [1.29, 1.82) is 5.41 Å². The van der Waals surface area contributed by atoms with E-state index < -0.39 is 35.5 Å². The molecular weight excluding hydrogens is 440 g/mol. The van der Waals surface area contributed by atoms with Crippen molar-refractivity contribution in [2.75, 3.05) is 0 Å². The highest BCUT2D eigenvalue weighted by Gasteiger charge is 2.39. The Kier molecular flexibility index (Phi) is 6.11. The lowest BCUT2D eigenvalue weighted by Gasteiger charge is -2.41. The van der Waals surface area contributed by atoms with E-state index >= 15 is 0 Å². The van der Waals surface area contributed by atoms with Gasteiger partial charge in [-0.15, -0.1) is 10.2 Å². The molecule has 1 heterocycles. The van der Waals surface area contributed by atoms with E-state index in [1.807, 2.05) is 0 Å². The largest absolute Gasteiger partial charge is 0.416 e. The number of benzene rings is 1. The normalized spacial score (nSPS) is 24.9. The van der Waals surface area contributed by atoms with Gasteiger partial charge in [-0.25, -0.2) is 0 Å². The van der Waals surface area contributed by atoms with E-state index in [2.05, 4.69) is 20.8 Å². The Balaban J connectivity index is 2.01. The predicted molar refractivity (Wildman–Crippen MR) is 107 cm³/mol. The fourth-order valence-corrected chi connectivity index (χ4v) is 3.61. The first kappa shape index (κ1) is 23.8. The second-order valence-corrected chi connectivity index (χ2v) is 8.17. The summed E-state index contributed by atoms with van der Waals surface area (Å²) in [6, 6.07) is 1.95. The van der Waals surface area contributed by atoms with E-state index in [-0.39, 0.29) is 34.7 Å². The van der Waals surface area contributed by atoms with Crippen LogP contribution >= 0.6 is 0 Å². The molecule has 6 nitrogen and oxygen atoms in total. The van der Waals surface area contributed by atoms with Crippen LogP contribution in [0.2, 0.25) is 0 Å². The third kappa shape index (κ3) is 5.87. The molecule has 0 saturated heterocycles. The number of guanidine groups is 1. The zero-order valence-corrected chi connectivity index (χ0v) is 17.1. The van der Waals surface area contributed by atoms with Crippen molar-refractivity contribution in [1.82, 2.24) is 10.6 Å². The lowest BCUT2D eigenvalue weighted by Crippen LogP contribution is -2.56. The Bertz CT molecular complexity index is 999. The molecule has 2 aliphatic rings. The second-order valence-electron chi connectivity index (χ2n) is 8.17. The number of hydrogen-bond acceptors (Lipinski definition) is 6. The molecule has 1 aromatic rings. The van der Waals surface area contributed by atoms with Crippen LogP contribution in [0.4, 0.5) is 26.3 Å². The van der Waals surface area contributed by atoms with Crippen molar-refractivity contribution >= 4 is 17.4 Å². The summed E-state index contributed by atoms with van der Waals surface area (Å²) < 4.78 is 78.5. The SMILES string of the molecule is CC(=N)/C=C1\NC(NC2CC(C)(O)C2)=NN=C1c1ccc(C(F)(F)F)cc1CC(F)(F)F. The Morgan fingerprint density at radius 1 is 1.25 bits per heavy atom. The molecule has 0 atom stereocenters. The van der Waals surface area contributed by atoms with Gasteiger partial charge in [0.1, 0.15) is 5.71 Å². The lowest BCUT2D eigenvalue weighted by atomic mass is 9.77. The zero-order valence-electron chi connectivity index (χ0n) is 17.1. The summed E-state index contributed by atoms with van der Waals surface area (Å²) in [7, 11) is 0. The third-order valence-corrected chi connectivity index (χ3v) is 4.91. The van der Waals surface area contributed by atoms with Gasteiger partial charge >= 0.3 is 12.4 Å². The molecule has 1 aliphatic carbocycles. The topological polar surface area (TPSA) is 92.9 Å². The number of nitrogens with zero attached hydrogens (tertiary/aromatic N) is 2. The smallest absolute Gasteiger partial charge is 0.390 e. The van der Waals surface area contributed by atoms with Gasteiger partial charge in [-0.3, -0.25) is 0 Å². The van der Waals surface area contributed by atoms with Gasteiger partial charge in [-0.1, -0.05) is 6.07 Å². The summed E-state index contributed by atoms with van der Waals surface area (Å²) in [4.78, 5) is 0. The van der Waals surface area contributed by atoms with Gasteiger partial charge in [0, 0.05) is 17.3 Å². The standard InChI is InChI=1S/C20H21F6N5O/c1-10(27)5-15-16(30-31-17(29-15)28-13-8-18(2,32)9-13)14-4-3-12(20(24,25)26)6-11(14)7-19(21,22)23/h3-6,13,27,32H,7-9H2,1-2H3,(H2,28,29,31)/b15-5-,27-10?. The van der Waals surface area contributed by atoms with Crippen molar-refractivity contribution in [3.8, 4) is 0 Å². The number of halogens is 6. The summed E-state index contributed by atoms with van der Waals surface area (Å²) in [5.41, 5.74) is -2.76. The highest BCUT2D eigenvalue weighted by molar-refractivity contribution is 6.18. The lowest BCUT2D eigenvalue weighted by molar-refractivity contribution is -0.138. The van der Waals surface area contributed by atoms with Gasteiger partial charge < -0.3 is 21.1 Å².